The molecule has 0 saturated carbocycles. The van der Waals surface area contributed by atoms with Gasteiger partial charge in [0.2, 0.25) is 5.91 Å². The topological polar surface area (TPSA) is 121 Å². The maximum atomic E-state index is 13.5. The van der Waals surface area contributed by atoms with E-state index >= 15 is 0 Å². The van der Waals surface area contributed by atoms with E-state index in [1.54, 1.807) is 47.5 Å². The second-order valence-corrected chi connectivity index (χ2v) is 9.77. The van der Waals surface area contributed by atoms with Gasteiger partial charge in [0.05, 0.1) is 37.1 Å². The molecule has 2 amide bonds. The van der Waals surface area contributed by atoms with Crippen molar-refractivity contribution in [3.05, 3.63) is 81.2 Å². The number of pyridine rings is 2. The van der Waals surface area contributed by atoms with Gasteiger partial charge in [-0.15, -0.1) is 5.53 Å². The third-order valence-electron chi connectivity index (χ3n) is 6.28. The average molecular weight is 586 g/mol. The number of hydrogen-bond donors (Lipinski definition) is 3. The number of nitrogens with one attached hydrogen (secondary N) is 3. The number of aromatic nitrogens is 2. The number of carbonyl (C=O) groups excluding carboxylic acids is 2. The number of benzene rings is 1. The summed E-state index contributed by atoms with van der Waals surface area (Å²) >= 11 is 12.6. The van der Waals surface area contributed by atoms with Gasteiger partial charge in [-0.3, -0.25) is 29.0 Å². The fraction of sp³-hybridized carbons (Fsp3) is 0.259. The summed E-state index contributed by atoms with van der Waals surface area (Å²) in [6.45, 7) is 1.92. The van der Waals surface area contributed by atoms with Crippen LogP contribution in [0.1, 0.15) is 36.3 Å². The first-order valence-electron chi connectivity index (χ1n) is 12.4. The van der Waals surface area contributed by atoms with E-state index in [1.165, 1.54) is 43.3 Å². The summed E-state index contributed by atoms with van der Waals surface area (Å²) in [6.07, 6.45) is 5.65. The second kappa shape index (κ2) is 12.4. The Hall–Kier alpha value is -4.06. The van der Waals surface area contributed by atoms with Gasteiger partial charge in [-0.2, -0.15) is 0 Å². The third-order valence-corrected chi connectivity index (χ3v) is 6.86. The summed E-state index contributed by atoms with van der Waals surface area (Å²) in [6, 6.07) is 8.94. The monoisotopic (exact) mass is 585 g/mol. The minimum atomic E-state index is -0.825. The van der Waals surface area contributed by atoms with Crippen LogP contribution in [0.5, 0.6) is 5.75 Å². The molecule has 3 heterocycles. The second-order valence-electron chi connectivity index (χ2n) is 8.95. The van der Waals surface area contributed by atoms with E-state index in [0.717, 1.165) is 0 Å². The Morgan fingerprint density at radius 1 is 1.15 bits per heavy atom. The van der Waals surface area contributed by atoms with E-state index in [1.807, 2.05) is 6.92 Å². The minimum Gasteiger partial charge on any atom is -0.495 e. The van der Waals surface area contributed by atoms with Crippen molar-refractivity contribution in [2.75, 3.05) is 31.5 Å². The Balaban J connectivity index is 1.70. The van der Waals surface area contributed by atoms with Crippen LogP contribution in [0.4, 0.5) is 11.4 Å². The van der Waals surface area contributed by atoms with Gasteiger partial charge in [-0.05, 0) is 36.8 Å². The first-order chi connectivity index (χ1) is 19.2. The van der Waals surface area contributed by atoms with Crippen molar-refractivity contribution in [2.24, 2.45) is 0 Å². The molecule has 1 aliphatic heterocycles. The van der Waals surface area contributed by atoms with Crippen LogP contribution < -0.4 is 31.5 Å². The molecule has 4 rings (SSSR count). The highest BCUT2D eigenvalue weighted by Gasteiger charge is 2.26. The molecule has 0 saturated heterocycles. The summed E-state index contributed by atoms with van der Waals surface area (Å²) in [5.74, 6) is -0.369. The number of methoxy groups -OCH3 is 1. The third kappa shape index (κ3) is 6.06. The summed E-state index contributed by atoms with van der Waals surface area (Å²) in [5, 5.41) is 9.55. The maximum absolute atomic E-state index is 13.5. The predicted octanol–water partition coefficient (Wildman–Crippen LogP) is 4.12. The van der Waals surface area contributed by atoms with E-state index in [4.69, 9.17) is 27.9 Å². The van der Waals surface area contributed by atoms with Gasteiger partial charge >= 0.3 is 0 Å². The standard InChI is InChI=1S/C27H29Cl2N7O4/c1-5-6-22(27(39)32-17-8-9-20(31-13-17)26(38)30-2)35-14-23(40-4)19(12-25(35)37)18-11-16(28)7-10-21(18)36-15-24(29)34(3)33-36/h7-15,22,33H,5-6H2,1-4H3,(H,30,38)(H,32,39). The zero-order chi connectivity index (χ0) is 29.0. The largest absolute Gasteiger partial charge is 0.495 e. The number of anilines is 2. The van der Waals surface area contributed by atoms with Crippen molar-refractivity contribution in [1.82, 2.24) is 25.4 Å². The zero-order valence-electron chi connectivity index (χ0n) is 22.4. The van der Waals surface area contributed by atoms with Gasteiger partial charge in [-0.25, -0.2) is 4.98 Å². The molecule has 0 spiro atoms. The molecule has 0 bridgehead atoms. The van der Waals surface area contributed by atoms with Crippen LogP contribution in [0, 0.1) is 0 Å². The molecule has 210 valence electrons. The van der Waals surface area contributed by atoms with E-state index in [2.05, 4.69) is 21.2 Å². The molecular weight excluding hydrogens is 557 g/mol. The smallest absolute Gasteiger partial charge is 0.269 e. The molecule has 0 aliphatic carbocycles. The molecule has 11 nitrogen and oxygen atoms in total. The summed E-state index contributed by atoms with van der Waals surface area (Å²) in [7, 11) is 4.76. The maximum Gasteiger partial charge on any atom is 0.269 e. The summed E-state index contributed by atoms with van der Waals surface area (Å²) in [5.41, 5.74) is 5.10. The van der Waals surface area contributed by atoms with Crippen LogP contribution in [0.15, 0.2) is 64.9 Å². The van der Waals surface area contributed by atoms with Gasteiger partial charge in [0.25, 0.3) is 11.5 Å². The van der Waals surface area contributed by atoms with E-state index in [0.29, 0.717) is 51.3 Å². The van der Waals surface area contributed by atoms with Gasteiger partial charge in [0.1, 0.15) is 22.6 Å². The van der Waals surface area contributed by atoms with Gasteiger partial charge in [0.15, 0.2) is 0 Å². The van der Waals surface area contributed by atoms with Crippen LogP contribution >= 0.6 is 23.2 Å². The van der Waals surface area contributed by atoms with Crippen LogP contribution in [-0.2, 0) is 4.79 Å². The molecule has 1 aliphatic rings. The quantitative estimate of drug-likeness (QED) is 0.321. The predicted molar refractivity (Wildman–Crippen MR) is 155 cm³/mol. The molecule has 13 heteroatoms. The minimum absolute atomic E-state index is 0.219. The lowest BCUT2D eigenvalue weighted by Crippen LogP contribution is -2.37. The zero-order valence-corrected chi connectivity index (χ0v) is 23.9. The number of rotatable bonds is 9. The molecule has 1 atom stereocenters. The normalized spacial score (nSPS) is 13.6. The lowest BCUT2D eigenvalue weighted by atomic mass is 10.0. The van der Waals surface area contributed by atoms with Gasteiger partial charge < -0.3 is 15.4 Å². The molecule has 3 aromatic rings. The van der Waals surface area contributed by atoms with Gasteiger partial charge in [0, 0.05) is 36.3 Å². The highest BCUT2D eigenvalue weighted by atomic mass is 35.5. The highest BCUT2D eigenvalue weighted by molar-refractivity contribution is 6.31. The van der Waals surface area contributed by atoms with Crippen LogP contribution in [0.3, 0.4) is 0 Å². The van der Waals surface area contributed by atoms with Crippen molar-refractivity contribution < 1.29 is 14.3 Å². The van der Waals surface area contributed by atoms with E-state index in [-0.39, 0.29) is 11.6 Å². The van der Waals surface area contributed by atoms with E-state index in [9.17, 15) is 14.4 Å². The van der Waals surface area contributed by atoms with Crippen molar-refractivity contribution in [3.63, 3.8) is 0 Å². The average Bonchev–Trinajstić information content (AvgIpc) is 3.29. The van der Waals surface area contributed by atoms with Crippen molar-refractivity contribution in [1.29, 1.82) is 0 Å². The molecule has 0 radical (unpaired) electrons. The molecule has 1 aromatic carbocycles. The molecule has 40 heavy (non-hydrogen) atoms. The van der Waals surface area contributed by atoms with Crippen molar-refractivity contribution in [3.8, 4) is 16.9 Å². The number of nitrogens with zero attached hydrogens (tertiary/aromatic N) is 4. The number of ether oxygens (including phenoxy) is 1. The molecular formula is C27H29Cl2N7O4. The number of halogens is 2. The Morgan fingerprint density at radius 2 is 1.93 bits per heavy atom. The Kier molecular flexibility index (Phi) is 8.98. The van der Waals surface area contributed by atoms with Crippen LogP contribution in [-0.4, -0.2) is 47.6 Å². The number of hydrazine groups is 2. The lowest BCUT2D eigenvalue weighted by molar-refractivity contribution is -0.119. The first kappa shape index (κ1) is 28.9. The van der Waals surface area contributed by atoms with Crippen LogP contribution in [0.2, 0.25) is 5.02 Å². The van der Waals surface area contributed by atoms with Crippen molar-refractivity contribution in [2.45, 2.75) is 25.8 Å². The molecule has 3 N–H and O–H groups in total. The van der Waals surface area contributed by atoms with Crippen LogP contribution in [0.25, 0.3) is 11.1 Å². The number of carbonyl (C=O) groups is 2. The first-order valence-corrected chi connectivity index (χ1v) is 13.2. The highest BCUT2D eigenvalue weighted by Crippen LogP contribution is 2.39. The molecule has 2 aromatic heterocycles. The number of hydrogen-bond acceptors (Lipinski definition) is 8. The molecule has 1 unspecified atom stereocenters. The summed E-state index contributed by atoms with van der Waals surface area (Å²) in [4.78, 5) is 42.7. The Morgan fingerprint density at radius 3 is 2.52 bits per heavy atom. The Bertz CT molecular complexity index is 1510. The van der Waals surface area contributed by atoms with Crippen molar-refractivity contribution >= 4 is 46.4 Å². The number of amides is 2. The fourth-order valence-corrected chi connectivity index (χ4v) is 4.57. The SMILES string of the molecule is CCCC(C(=O)Nc1ccc(C(=O)NC)nc1)n1cc(OC)c(-c2cc(Cl)ccc2N2C=C(Cl)N(C)N2)cc1=O. The van der Waals surface area contributed by atoms with Gasteiger partial charge in [-0.1, -0.05) is 36.5 Å². The molecule has 0 fully saturated rings. The lowest BCUT2D eigenvalue weighted by Gasteiger charge is -2.24. The fourth-order valence-electron chi connectivity index (χ4n) is 4.26. The summed E-state index contributed by atoms with van der Waals surface area (Å²) < 4.78 is 7.05. The van der Waals surface area contributed by atoms with E-state index < -0.39 is 17.5 Å². The Labute approximate surface area is 241 Å².